The molecule has 0 atom stereocenters. The van der Waals surface area contributed by atoms with Crippen molar-refractivity contribution in [3.8, 4) is 22.3 Å². The summed E-state index contributed by atoms with van der Waals surface area (Å²) < 4.78 is 0. The molecule has 0 radical (unpaired) electrons. The van der Waals surface area contributed by atoms with Crippen LogP contribution in [0.1, 0.15) is 0 Å². The second-order valence-electron chi connectivity index (χ2n) is 13.0. The monoisotopic (exact) mass is 664 g/mol. The Morgan fingerprint density at radius 2 is 0.692 bits per heavy atom. The lowest BCUT2D eigenvalue weighted by atomic mass is 9.91. The van der Waals surface area contributed by atoms with E-state index in [-0.39, 0.29) is 0 Å². The highest BCUT2D eigenvalue weighted by molar-refractivity contribution is 6.11. The Balaban J connectivity index is 1.22. The van der Waals surface area contributed by atoms with E-state index in [1.54, 1.807) is 0 Å². The van der Waals surface area contributed by atoms with Crippen molar-refractivity contribution in [1.82, 2.24) is 0 Å². The summed E-state index contributed by atoms with van der Waals surface area (Å²) in [6.45, 7) is 0. The number of hydrogen-bond acceptors (Lipinski definition) is 2. The zero-order chi connectivity index (χ0) is 34.7. The summed E-state index contributed by atoms with van der Waals surface area (Å²) in [7, 11) is 0. The average molecular weight is 665 g/mol. The summed E-state index contributed by atoms with van der Waals surface area (Å²) in [4.78, 5) is 4.73. The Labute approximate surface area is 305 Å². The first-order chi connectivity index (χ1) is 25.8. The van der Waals surface area contributed by atoms with Gasteiger partial charge in [-0.3, -0.25) is 0 Å². The van der Waals surface area contributed by atoms with E-state index >= 15 is 0 Å². The molecule has 9 rings (SSSR count). The predicted molar refractivity (Wildman–Crippen MR) is 222 cm³/mol. The molecule has 9 aromatic rings. The van der Waals surface area contributed by atoms with Crippen LogP contribution in [0.2, 0.25) is 0 Å². The lowest BCUT2D eigenvalue weighted by molar-refractivity contribution is 1.28. The van der Waals surface area contributed by atoms with Crippen LogP contribution in [0.4, 0.5) is 34.1 Å². The fourth-order valence-electron chi connectivity index (χ4n) is 7.43. The molecule has 0 N–H and O–H groups in total. The van der Waals surface area contributed by atoms with Crippen molar-refractivity contribution in [3.63, 3.8) is 0 Å². The highest BCUT2D eigenvalue weighted by atomic mass is 15.1. The van der Waals surface area contributed by atoms with Gasteiger partial charge in [0.1, 0.15) is 0 Å². The minimum absolute atomic E-state index is 1.09. The number of fused-ring (bicyclic) bond motifs is 2. The van der Waals surface area contributed by atoms with Crippen LogP contribution in [0.5, 0.6) is 0 Å². The molecule has 2 nitrogen and oxygen atoms in total. The van der Waals surface area contributed by atoms with Gasteiger partial charge in [0.25, 0.3) is 0 Å². The first-order valence-electron chi connectivity index (χ1n) is 17.8. The van der Waals surface area contributed by atoms with Gasteiger partial charge in [-0.1, -0.05) is 152 Å². The molecule has 0 amide bonds. The first-order valence-corrected chi connectivity index (χ1v) is 17.8. The lowest BCUT2D eigenvalue weighted by Crippen LogP contribution is -2.11. The summed E-state index contributed by atoms with van der Waals surface area (Å²) in [5, 5.41) is 4.91. The fraction of sp³-hybridized carbons (Fsp3) is 0. The van der Waals surface area contributed by atoms with Crippen LogP contribution >= 0.6 is 0 Å². The van der Waals surface area contributed by atoms with Gasteiger partial charge in [0.15, 0.2) is 0 Å². The Kier molecular flexibility index (Phi) is 8.24. The Hall–Kier alpha value is -6.90. The van der Waals surface area contributed by atoms with Crippen LogP contribution in [-0.2, 0) is 0 Å². The van der Waals surface area contributed by atoms with E-state index < -0.39 is 0 Å². The first kappa shape index (κ1) is 31.1. The van der Waals surface area contributed by atoms with Crippen LogP contribution in [0, 0.1) is 0 Å². The summed E-state index contributed by atoms with van der Waals surface area (Å²) in [5.74, 6) is 0. The van der Waals surface area contributed by atoms with Crippen molar-refractivity contribution in [3.05, 3.63) is 218 Å². The fourth-order valence-corrected chi connectivity index (χ4v) is 7.43. The summed E-state index contributed by atoms with van der Waals surface area (Å²) in [5.41, 5.74) is 11.4. The van der Waals surface area contributed by atoms with Crippen molar-refractivity contribution >= 4 is 55.7 Å². The topological polar surface area (TPSA) is 6.48 Å². The average Bonchev–Trinajstić information content (AvgIpc) is 3.22. The van der Waals surface area contributed by atoms with Gasteiger partial charge in [-0.15, -0.1) is 0 Å². The van der Waals surface area contributed by atoms with Gasteiger partial charge in [-0.2, -0.15) is 0 Å². The van der Waals surface area contributed by atoms with Crippen molar-refractivity contribution < 1.29 is 0 Å². The third-order valence-corrected chi connectivity index (χ3v) is 9.79. The number of rotatable bonds is 8. The SMILES string of the molecule is c1ccc(N(c2ccccc2)c2cccc(-c3cccc(N(c4ccccc4)c4ccc5ccccc5c4-c4cccc5ccccc45)c3)c2)cc1. The minimum atomic E-state index is 1.09. The van der Waals surface area contributed by atoms with E-state index in [4.69, 9.17) is 0 Å². The van der Waals surface area contributed by atoms with Crippen molar-refractivity contribution in [2.45, 2.75) is 0 Å². The minimum Gasteiger partial charge on any atom is -0.310 e. The molecule has 9 aromatic carbocycles. The number of anilines is 6. The molecular formula is C50H36N2. The van der Waals surface area contributed by atoms with Gasteiger partial charge < -0.3 is 9.80 Å². The molecule has 0 aliphatic heterocycles. The summed E-state index contributed by atoms with van der Waals surface area (Å²) in [6.07, 6.45) is 0. The Morgan fingerprint density at radius 1 is 0.269 bits per heavy atom. The molecule has 0 bridgehead atoms. The third-order valence-electron chi connectivity index (χ3n) is 9.79. The van der Waals surface area contributed by atoms with E-state index in [2.05, 4.69) is 228 Å². The molecule has 246 valence electrons. The quantitative estimate of drug-likeness (QED) is 0.159. The van der Waals surface area contributed by atoms with Crippen LogP contribution in [-0.4, -0.2) is 0 Å². The maximum Gasteiger partial charge on any atom is 0.0546 e. The molecule has 0 saturated heterocycles. The van der Waals surface area contributed by atoms with E-state index in [1.807, 2.05) is 0 Å². The summed E-state index contributed by atoms with van der Waals surface area (Å²) in [6, 6.07) is 78.3. The zero-order valence-corrected chi connectivity index (χ0v) is 28.7. The largest absolute Gasteiger partial charge is 0.310 e. The zero-order valence-electron chi connectivity index (χ0n) is 28.7. The van der Waals surface area contributed by atoms with E-state index in [9.17, 15) is 0 Å². The van der Waals surface area contributed by atoms with Crippen molar-refractivity contribution in [1.29, 1.82) is 0 Å². The standard InChI is InChI=1S/C50H36N2/c1-4-22-41(23-5-1)51(42-24-6-2-7-25-42)44-28-14-20-39(35-44)40-21-15-29-45(36-40)52(43-26-8-3-9-27-43)49-34-33-38-18-11-13-31-47(38)50(49)48-32-16-19-37-17-10-12-30-46(37)48/h1-36H. The second kappa shape index (κ2) is 13.8. The van der Waals surface area contributed by atoms with Gasteiger partial charge >= 0.3 is 0 Å². The normalized spacial score (nSPS) is 11.1. The number of nitrogens with zero attached hydrogens (tertiary/aromatic N) is 2. The van der Waals surface area contributed by atoms with Gasteiger partial charge in [-0.25, -0.2) is 0 Å². The molecule has 0 heterocycles. The smallest absolute Gasteiger partial charge is 0.0546 e. The highest BCUT2D eigenvalue weighted by Crippen LogP contribution is 2.46. The van der Waals surface area contributed by atoms with Gasteiger partial charge in [0.05, 0.1) is 5.69 Å². The lowest BCUT2D eigenvalue weighted by Gasteiger charge is -2.29. The van der Waals surface area contributed by atoms with Gasteiger partial charge in [-0.05, 0) is 105 Å². The number of hydrogen-bond donors (Lipinski definition) is 0. The molecule has 0 fully saturated rings. The van der Waals surface area contributed by atoms with Crippen molar-refractivity contribution in [2.24, 2.45) is 0 Å². The van der Waals surface area contributed by atoms with E-state index in [1.165, 1.54) is 32.7 Å². The maximum absolute atomic E-state index is 2.41. The van der Waals surface area contributed by atoms with Crippen LogP contribution < -0.4 is 9.80 Å². The molecule has 0 aliphatic carbocycles. The molecule has 0 aliphatic rings. The number of benzene rings is 9. The second-order valence-corrected chi connectivity index (χ2v) is 13.0. The van der Waals surface area contributed by atoms with Crippen molar-refractivity contribution in [2.75, 3.05) is 9.80 Å². The van der Waals surface area contributed by atoms with Crippen LogP contribution in [0.3, 0.4) is 0 Å². The molecular weight excluding hydrogens is 629 g/mol. The molecule has 0 spiro atoms. The maximum atomic E-state index is 2.41. The molecule has 0 saturated carbocycles. The molecule has 0 unspecified atom stereocenters. The highest BCUT2D eigenvalue weighted by Gasteiger charge is 2.21. The Bertz CT molecular complexity index is 2590. The predicted octanol–water partition coefficient (Wildman–Crippen LogP) is 14.3. The molecule has 52 heavy (non-hydrogen) atoms. The Morgan fingerprint density at radius 3 is 1.29 bits per heavy atom. The van der Waals surface area contributed by atoms with E-state index in [0.29, 0.717) is 0 Å². The van der Waals surface area contributed by atoms with Crippen LogP contribution in [0.25, 0.3) is 43.8 Å². The number of para-hydroxylation sites is 3. The molecule has 0 aromatic heterocycles. The third kappa shape index (κ3) is 5.87. The van der Waals surface area contributed by atoms with Gasteiger partial charge in [0, 0.05) is 34.0 Å². The summed E-state index contributed by atoms with van der Waals surface area (Å²) >= 11 is 0. The van der Waals surface area contributed by atoms with Gasteiger partial charge in [0.2, 0.25) is 0 Å². The molecule has 2 heteroatoms. The van der Waals surface area contributed by atoms with E-state index in [0.717, 1.165) is 45.3 Å². The van der Waals surface area contributed by atoms with Crippen LogP contribution in [0.15, 0.2) is 218 Å².